The van der Waals surface area contributed by atoms with Crippen molar-refractivity contribution in [2.45, 2.75) is 24.7 Å². The van der Waals surface area contributed by atoms with Crippen LogP contribution in [0, 0.1) is 6.92 Å². The topological polar surface area (TPSA) is 88.2 Å². The van der Waals surface area contributed by atoms with Gasteiger partial charge in [0, 0.05) is 11.8 Å². The van der Waals surface area contributed by atoms with E-state index in [1.807, 2.05) is 12.3 Å². The maximum atomic E-state index is 11.8. The van der Waals surface area contributed by atoms with E-state index in [1.54, 1.807) is 12.1 Å². The van der Waals surface area contributed by atoms with Crippen LogP contribution in [0.25, 0.3) is 0 Å². The molecule has 1 aromatic heterocycles. The lowest BCUT2D eigenvalue weighted by atomic mass is 10.1. The fourth-order valence-corrected chi connectivity index (χ4v) is 3.24. The lowest BCUT2D eigenvalue weighted by Gasteiger charge is -2.05. The molecule has 1 aromatic carbocycles. The van der Waals surface area contributed by atoms with Gasteiger partial charge in [-0.15, -0.1) is 11.3 Å². The van der Waals surface area contributed by atoms with Gasteiger partial charge in [-0.3, -0.25) is 4.79 Å². The molecule has 2 N–H and O–H groups in total. The molecule has 0 aliphatic carbocycles. The molecule has 1 amide bonds. The summed E-state index contributed by atoms with van der Waals surface area (Å²) >= 11 is 1.39. The summed E-state index contributed by atoms with van der Waals surface area (Å²) in [6.45, 7) is 1.87. The van der Waals surface area contributed by atoms with Gasteiger partial charge < -0.3 is 5.32 Å². The number of benzene rings is 1. The highest BCUT2D eigenvalue weighted by molar-refractivity contribution is 7.89. The molecule has 0 spiro atoms. The van der Waals surface area contributed by atoms with Crippen molar-refractivity contribution in [3.8, 4) is 0 Å². The van der Waals surface area contributed by atoms with Crippen molar-refractivity contribution in [1.82, 2.24) is 9.71 Å². The molecule has 0 radical (unpaired) electrons. The normalized spacial score (nSPS) is 11.4. The summed E-state index contributed by atoms with van der Waals surface area (Å²) in [6.07, 6.45) is 0.854. The van der Waals surface area contributed by atoms with E-state index < -0.39 is 10.0 Å². The number of aromatic nitrogens is 1. The number of aryl methyl sites for hydroxylation is 2. The predicted molar refractivity (Wildman–Crippen MR) is 86.5 cm³/mol. The molecule has 0 saturated carbocycles. The summed E-state index contributed by atoms with van der Waals surface area (Å²) in [5, 5.41) is 5.21. The van der Waals surface area contributed by atoms with Gasteiger partial charge >= 0.3 is 0 Å². The minimum absolute atomic E-state index is 0.110. The Kier molecular flexibility index (Phi) is 5.28. The number of carbonyl (C=O) groups excluding carboxylic acids is 1. The van der Waals surface area contributed by atoms with Crippen LogP contribution in [0.4, 0.5) is 5.13 Å². The number of hydrogen-bond donors (Lipinski definition) is 2. The fourth-order valence-electron chi connectivity index (χ4n) is 1.80. The minimum atomic E-state index is -3.42. The highest BCUT2D eigenvalue weighted by atomic mass is 32.2. The zero-order chi connectivity index (χ0) is 16.2. The number of rotatable bonds is 6. The zero-order valence-electron chi connectivity index (χ0n) is 12.3. The molecular formula is C14H17N3O3S2. The van der Waals surface area contributed by atoms with E-state index in [-0.39, 0.29) is 10.8 Å². The van der Waals surface area contributed by atoms with Gasteiger partial charge in [0.2, 0.25) is 15.9 Å². The summed E-state index contributed by atoms with van der Waals surface area (Å²) < 4.78 is 25.5. The highest BCUT2D eigenvalue weighted by Gasteiger charge is 2.11. The van der Waals surface area contributed by atoms with Crippen LogP contribution in [0.3, 0.4) is 0 Å². The lowest BCUT2D eigenvalue weighted by molar-refractivity contribution is -0.116. The van der Waals surface area contributed by atoms with E-state index in [0.29, 0.717) is 18.0 Å². The Labute approximate surface area is 133 Å². The van der Waals surface area contributed by atoms with Crippen molar-refractivity contribution < 1.29 is 13.2 Å². The quantitative estimate of drug-likeness (QED) is 0.842. The molecule has 1 heterocycles. The van der Waals surface area contributed by atoms with Crippen LogP contribution in [0.15, 0.2) is 34.5 Å². The second-order valence-electron chi connectivity index (χ2n) is 4.69. The van der Waals surface area contributed by atoms with Crippen molar-refractivity contribution in [3.05, 3.63) is 40.9 Å². The zero-order valence-corrected chi connectivity index (χ0v) is 13.9. The number of nitrogens with one attached hydrogen (secondary N) is 2. The van der Waals surface area contributed by atoms with Crippen LogP contribution in [0.2, 0.25) is 0 Å². The molecule has 2 rings (SSSR count). The Morgan fingerprint density at radius 2 is 1.95 bits per heavy atom. The molecule has 0 bridgehead atoms. The molecule has 0 fully saturated rings. The third-order valence-electron chi connectivity index (χ3n) is 3.01. The van der Waals surface area contributed by atoms with Gasteiger partial charge in [-0.05, 0) is 38.1 Å². The summed E-state index contributed by atoms with van der Waals surface area (Å²) in [5.74, 6) is -0.110. The molecule has 0 aliphatic heterocycles. The maximum Gasteiger partial charge on any atom is 0.240 e. The second-order valence-corrected chi connectivity index (χ2v) is 7.44. The van der Waals surface area contributed by atoms with E-state index in [0.717, 1.165) is 11.3 Å². The third-order valence-corrected chi connectivity index (χ3v) is 5.31. The first-order chi connectivity index (χ1) is 10.4. The van der Waals surface area contributed by atoms with Crippen molar-refractivity contribution in [1.29, 1.82) is 0 Å². The summed E-state index contributed by atoms with van der Waals surface area (Å²) in [4.78, 5) is 16.2. The van der Waals surface area contributed by atoms with Crippen LogP contribution < -0.4 is 10.0 Å². The second kappa shape index (κ2) is 6.99. The van der Waals surface area contributed by atoms with Crippen LogP contribution >= 0.6 is 11.3 Å². The van der Waals surface area contributed by atoms with Crippen molar-refractivity contribution in [2.24, 2.45) is 0 Å². The minimum Gasteiger partial charge on any atom is -0.302 e. The summed E-state index contributed by atoms with van der Waals surface area (Å²) in [7, 11) is -2.05. The Morgan fingerprint density at radius 3 is 2.50 bits per heavy atom. The number of carbonyl (C=O) groups is 1. The monoisotopic (exact) mass is 339 g/mol. The standard InChI is InChI=1S/C14H17N3O3S2/c1-10-9-21-14(16-10)17-13(18)8-5-11-3-6-12(7-4-11)22(19,20)15-2/h3-4,6-7,9,15H,5,8H2,1-2H3,(H,16,17,18). The lowest BCUT2D eigenvalue weighted by Crippen LogP contribution is -2.18. The number of hydrogen-bond acceptors (Lipinski definition) is 5. The van der Waals surface area contributed by atoms with Crippen LogP contribution in [-0.2, 0) is 21.2 Å². The largest absolute Gasteiger partial charge is 0.302 e. The van der Waals surface area contributed by atoms with E-state index in [9.17, 15) is 13.2 Å². The SMILES string of the molecule is CNS(=O)(=O)c1ccc(CCC(=O)Nc2nc(C)cs2)cc1. The third kappa shape index (κ3) is 4.36. The number of sulfonamides is 1. The van der Waals surface area contributed by atoms with Gasteiger partial charge in [-0.1, -0.05) is 12.1 Å². The first-order valence-electron chi connectivity index (χ1n) is 6.65. The number of thiazole rings is 1. The van der Waals surface area contributed by atoms with Gasteiger partial charge in [-0.2, -0.15) is 0 Å². The molecule has 0 atom stereocenters. The molecule has 0 saturated heterocycles. The smallest absolute Gasteiger partial charge is 0.240 e. The molecule has 118 valence electrons. The van der Waals surface area contributed by atoms with Gasteiger partial charge in [0.15, 0.2) is 5.13 Å². The Bertz CT molecular complexity index is 752. The Balaban J connectivity index is 1.90. The Morgan fingerprint density at radius 1 is 1.27 bits per heavy atom. The predicted octanol–water partition coefficient (Wildman–Crippen LogP) is 1.93. The Hall–Kier alpha value is -1.77. The van der Waals surface area contributed by atoms with E-state index in [1.165, 1.54) is 30.5 Å². The molecular weight excluding hydrogens is 322 g/mol. The molecule has 22 heavy (non-hydrogen) atoms. The van der Waals surface area contributed by atoms with Crippen molar-refractivity contribution in [2.75, 3.05) is 12.4 Å². The maximum absolute atomic E-state index is 11.8. The average molecular weight is 339 g/mol. The molecule has 0 aliphatic rings. The highest BCUT2D eigenvalue weighted by Crippen LogP contribution is 2.15. The van der Waals surface area contributed by atoms with E-state index in [4.69, 9.17) is 0 Å². The number of anilines is 1. The van der Waals surface area contributed by atoms with E-state index in [2.05, 4.69) is 15.0 Å². The summed E-state index contributed by atoms with van der Waals surface area (Å²) in [5.41, 5.74) is 1.78. The number of amides is 1. The van der Waals surface area contributed by atoms with Gasteiger partial charge in [0.05, 0.1) is 10.6 Å². The van der Waals surface area contributed by atoms with Crippen LogP contribution in [0.5, 0.6) is 0 Å². The molecule has 0 unspecified atom stereocenters. The molecule has 2 aromatic rings. The first-order valence-corrected chi connectivity index (χ1v) is 9.01. The molecule has 8 heteroatoms. The van der Waals surface area contributed by atoms with Gasteiger partial charge in [-0.25, -0.2) is 18.1 Å². The van der Waals surface area contributed by atoms with Crippen molar-refractivity contribution >= 4 is 32.4 Å². The number of nitrogens with zero attached hydrogens (tertiary/aromatic N) is 1. The summed E-state index contributed by atoms with van der Waals surface area (Å²) in [6, 6.07) is 6.49. The van der Waals surface area contributed by atoms with Crippen molar-refractivity contribution in [3.63, 3.8) is 0 Å². The van der Waals surface area contributed by atoms with Crippen LogP contribution in [0.1, 0.15) is 17.7 Å². The average Bonchev–Trinajstić information content (AvgIpc) is 2.90. The fraction of sp³-hybridized carbons (Fsp3) is 0.286. The van der Waals surface area contributed by atoms with Gasteiger partial charge in [0.25, 0.3) is 0 Å². The molecule has 6 nitrogen and oxygen atoms in total. The first kappa shape index (κ1) is 16.6. The van der Waals surface area contributed by atoms with E-state index >= 15 is 0 Å². The van der Waals surface area contributed by atoms with Gasteiger partial charge in [0.1, 0.15) is 0 Å². The van der Waals surface area contributed by atoms with Crippen LogP contribution in [-0.4, -0.2) is 26.4 Å².